The molecule has 1 aromatic rings. The summed E-state index contributed by atoms with van der Waals surface area (Å²) in [5.41, 5.74) is -0.534. The number of amides is 1. The number of rotatable bonds is 5. The van der Waals surface area contributed by atoms with Crippen molar-refractivity contribution in [2.75, 3.05) is 19.7 Å². The summed E-state index contributed by atoms with van der Waals surface area (Å²) in [6.07, 6.45) is 3.79. The standard InChI is InChI=1S/C18H26N2O4/c1-4-24-17(22)18(23)7-11-20(12-8-18)16(21)15(13(2)3)14-5-9-19-10-6-14/h5-6,9-10,13,15,23H,4,7-8,11-12H2,1-3H3/t15-/m1/s1. The van der Waals surface area contributed by atoms with Gasteiger partial charge in [0.1, 0.15) is 0 Å². The van der Waals surface area contributed by atoms with Crippen molar-refractivity contribution in [3.05, 3.63) is 30.1 Å². The summed E-state index contributed by atoms with van der Waals surface area (Å²) in [5.74, 6) is -0.665. The highest BCUT2D eigenvalue weighted by Crippen LogP contribution is 2.30. The van der Waals surface area contributed by atoms with Crippen LogP contribution in [0.3, 0.4) is 0 Å². The number of carbonyl (C=O) groups excluding carboxylic acids is 2. The molecule has 1 atom stereocenters. The SMILES string of the molecule is CCOC(=O)C1(O)CCN(C(=O)[C@@H](c2ccncc2)C(C)C)CC1. The van der Waals surface area contributed by atoms with Crippen LogP contribution in [0, 0.1) is 5.92 Å². The predicted molar refractivity (Wildman–Crippen MR) is 89.2 cm³/mol. The molecule has 1 amide bonds. The van der Waals surface area contributed by atoms with Crippen LogP contribution in [0.1, 0.15) is 45.1 Å². The third kappa shape index (κ3) is 3.93. The van der Waals surface area contributed by atoms with E-state index in [2.05, 4.69) is 4.98 Å². The highest BCUT2D eigenvalue weighted by atomic mass is 16.5. The fourth-order valence-corrected chi connectivity index (χ4v) is 3.15. The van der Waals surface area contributed by atoms with Crippen LogP contribution >= 0.6 is 0 Å². The van der Waals surface area contributed by atoms with Crippen LogP contribution in [-0.4, -0.2) is 52.2 Å². The summed E-state index contributed by atoms with van der Waals surface area (Å²) in [6.45, 7) is 6.68. The molecule has 1 aromatic heterocycles. The zero-order valence-corrected chi connectivity index (χ0v) is 14.6. The van der Waals surface area contributed by atoms with E-state index in [-0.39, 0.29) is 37.2 Å². The lowest BCUT2D eigenvalue weighted by molar-refractivity contribution is -0.171. The van der Waals surface area contributed by atoms with Crippen molar-refractivity contribution in [2.24, 2.45) is 5.92 Å². The van der Waals surface area contributed by atoms with E-state index in [0.29, 0.717) is 13.1 Å². The van der Waals surface area contributed by atoms with Gasteiger partial charge in [0, 0.05) is 38.3 Å². The second-order valence-electron chi connectivity index (χ2n) is 6.58. The van der Waals surface area contributed by atoms with Crippen molar-refractivity contribution >= 4 is 11.9 Å². The van der Waals surface area contributed by atoms with Gasteiger partial charge in [-0.3, -0.25) is 9.78 Å². The Hall–Kier alpha value is -1.95. The summed E-state index contributed by atoms with van der Waals surface area (Å²) in [4.78, 5) is 30.6. The van der Waals surface area contributed by atoms with Gasteiger partial charge < -0.3 is 14.7 Å². The maximum absolute atomic E-state index is 13.0. The number of nitrogens with zero attached hydrogens (tertiary/aromatic N) is 2. The quantitative estimate of drug-likeness (QED) is 0.830. The summed E-state index contributed by atoms with van der Waals surface area (Å²) >= 11 is 0. The van der Waals surface area contributed by atoms with Crippen LogP contribution in [0.2, 0.25) is 0 Å². The number of hydrogen-bond acceptors (Lipinski definition) is 5. The van der Waals surface area contributed by atoms with Crippen molar-refractivity contribution in [2.45, 2.75) is 45.1 Å². The molecule has 1 aliphatic heterocycles. The molecule has 0 unspecified atom stereocenters. The molecule has 2 heterocycles. The van der Waals surface area contributed by atoms with Crippen molar-refractivity contribution < 1.29 is 19.4 Å². The highest BCUT2D eigenvalue weighted by Gasteiger charge is 2.42. The number of piperidine rings is 1. The zero-order chi connectivity index (χ0) is 17.7. The van der Waals surface area contributed by atoms with Crippen LogP contribution in [-0.2, 0) is 14.3 Å². The molecule has 1 saturated heterocycles. The van der Waals surface area contributed by atoms with Gasteiger partial charge in [-0.05, 0) is 30.5 Å². The smallest absolute Gasteiger partial charge is 0.338 e. The Kier molecular flexibility index (Phi) is 5.94. The number of aromatic nitrogens is 1. The number of ether oxygens (including phenoxy) is 1. The molecule has 2 rings (SSSR count). The number of esters is 1. The van der Waals surface area contributed by atoms with E-state index in [4.69, 9.17) is 4.74 Å². The van der Waals surface area contributed by atoms with Crippen molar-refractivity contribution in [3.8, 4) is 0 Å². The second-order valence-corrected chi connectivity index (χ2v) is 6.58. The van der Waals surface area contributed by atoms with Gasteiger partial charge in [0.2, 0.25) is 5.91 Å². The third-order valence-electron chi connectivity index (χ3n) is 4.56. The molecule has 6 nitrogen and oxygen atoms in total. The average molecular weight is 334 g/mol. The first kappa shape index (κ1) is 18.4. The molecule has 0 saturated carbocycles. The monoisotopic (exact) mass is 334 g/mol. The van der Waals surface area contributed by atoms with Crippen LogP contribution in [0.15, 0.2) is 24.5 Å². The Morgan fingerprint density at radius 1 is 1.29 bits per heavy atom. The largest absolute Gasteiger partial charge is 0.464 e. The van der Waals surface area contributed by atoms with Crippen molar-refractivity contribution in [1.29, 1.82) is 0 Å². The van der Waals surface area contributed by atoms with Crippen LogP contribution in [0.25, 0.3) is 0 Å². The first-order chi connectivity index (χ1) is 11.4. The van der Waals surface area contributed by atoms with E-state index >= 15 is 0 Å². The zero-order valence-electron chi connectivity index (χ0n) is 14.6. The summed E-state index contributed by atoms with van der Waals surface area (Å²) in [5, 5.41) is 10.4. The van der Waals surface area contributed by atoms with E-state index < -0.39 is 11.6 Å². The lowest BCUT2D eigenvalue weighted by Gasteiger charge is -2.38. The Morgan fingerprint density at radius 3 is 2.38 bits per heavy atom. The minimum Gasteiger partial charge on any atom is -0.464 e. The fraction of sp³-hybridized carbons (Fsp3) is 0.611. The first-order valence-electron chi connectivity index (χ1n) is 8.47. The van der Waals surface area contributed by atoms with Crippen LogP contribution in [0.4, 0.5) is 0 Å². The lowest BCUT2D eigenvalue weighted by Crippen LogP contribution is -2.52. The third-order valence-corrected chi connectivity index (χ3v) is 4.56. The maximum Gasteiger partial charge on any atom is 0.338 e. The molecule has 0 radical (unpaired) electrons. The molecule has 0 bridgehead atoms. The van der Waals surface area contributed by atoms with Crippen LogP contribution < -0.4 is 0 Å². The Morgan fingerprint density at radius 2 is 1.88 bits per heavy atom. The molecule has 0 spiro atoms. The molecule has 24 heavy (non-hydrogen) atoms. The second kappa shape index (κ2) is 7.75. The topological polar surface area (TPSA) is 79.7 Å². The molecule has 1 N–H and O–H groups in total. The van der Waals surface area contributed by atoms with Gasteiger partial charge in [-0.25, -0.2) is 4.79 Å². The van der Waals surface area contributed by atoms with Crippen LogP contribution in [0.5, 0.6) is 0 Å². The molecule has 1 aliphatic rings. The van der Waals surface area contributed by atoms with Gasteiger partial charge in [0.25, 0.3) is 0 Å². The average Bonchev–Trinajstić information content (AvgIpc) is 2.56. The van der Waals surface area contributed by atoms with E-state index in [1.54, 1.807) is 24.2 Å². The van der Waals surface area contributed by atoms with Gasteiger partial charge in [-0.15, -0.1) is 0 Å². The van der Waals surface area contributed by atoms with Gasteiger partial charge in [0.15, 0.2) is 5.60 Å². The normalized spacial score (nSPS) is 18.3. The van der Waals surface area contributed by atoms with E-state index in [1.807, 2.05) is 26.0 Å². The predicted octanol–water partition coefficient (Wildman–Crippen LogP) is 1.74. The molecular weight excluding hydrogens is 308 g/mol. The molecular formula is C18H26N2O4. The number of carbonyl (C=O) groups is 2. The minimum absolute atomic E-state index is 0.0297. The van der Waals surface area contributed by atoms with Gasteiger partial charge in [-0.2, -0.15) is 0 Å². The van der Waals surface area contributed by atoms with Gasteiger partial charge >= 0.3 is 5.97 Å². The Balaban J connectivity index is 2.07. The molecule has 0 aliphatic carbocycles. The number of aliphatic hydroxyl groups is 1. The van der Waals surface area contributed by atoms with E-state index in [9.17, 15) is 14.7 Å². The Bertz CT molecular complexity index is 566. The Labute approximate surface area is 142 Å². The van der Waals surface area contributed by atoms with Crippen molar-refractivity contribution in [1.82, 2.24) is 9.88 Å². The number of pyridine rings is 1. The summed E-state index contributed by atoms with van der Waals surface area (Å²) in [7, 11) is 0. The van der Waals surface area contributed by atoms with E-state index in [1.165, 1.54) is 0 Å². The van der Waals surface area contributed by atoms with Gasteiger partial charge in [-0.1, -0.05) is 13.8 Å². The summed E-state index contributed by atoms with van der Waals surface area (Å²) < 4.78 is 4.94. The van der Waals surface area contributed by atoms with Gasteiger partial charge in [0.05, 0.1) is 12.5 Å². The number of hydrogen-bond donors (Lipinski definition) is 1. The minimum atomic E-state index is -1.48. The number of likely N-dealkylation sites (tertiary alicyclic amines) is 1. The van der Waals surface area contributed by atoms with E-state index in [0.717, 1.165) is 5.56 Å². The fourth-order valence-electron chi connectivity index (χ4n) is 3.15. The molecule has 1 fully saturated rings. The maximum atomic E-state index is 13.0. The van der Waals surface area contributed by atoms with Crippen molar-refractivity contribution in [3.63, 3.8) is 0 Å². The molecule has 132 valence electrons. The lowest BCUT2D eigenvalue weighted by atomic mass is 9.85. The highest BCUT2D eigenvalue weighted by molar-refractivity contribution is 5.85. The first-order valence-corrected chi connectivity index (χ1v) is 8.47. The molecule has 6 heteroatoms. The summed E-state index contributed by atoms with van der Waals surface area (Å²) in [6, 6.07) is 3.73. The molecule has 0 aromatic carbocycles.